The van der Waals surface area contributed by atoms with Crippen LogP contribution < -0.4 is 4.72 Å². The third-order valence-corrected chi connectivity index (χ3v) is 3.72. The van der Waals surface area contributed by atoms with Crippen LogP contribution in [0.2, 0.25) is 0 Å². The van der Waals surface area contributed by atoms with Gasteiger partial charge in [-0.25, -0.2) is 13.1 Å². The predicted octanol–water partition coefficient (Wildman–Crippen LogP) is 0.494. The maximum atomic E-state index is 12.0. The van der Waals surface area contributed by atoms with Gasteiger partial charge < -0.3 is 9.64 Å². The van der Waals surface area contributed by atoms with Crippen molar-refractivity contribution in [2.45, 2.75) is 38.1 Å². The normalized spacial score (nSPS) is 22.1. The van der Waals surface area contributed by atoms with Crippen LogP contribution in [0.15, 0.2) is 0 Å². The summed E-state index contributed by atoms with van der Waals surface area (Å²) in [6, 6.07) is -0.424. The first-order chi connectivity index (χ1) is 9.48. The van der Waals surface area contributed by atoms with Gasteiger partial charge in [0.15, 0.2) is 0 Å². The zero-order valence-corrected chi connectivity index (χ0v) is 12.6. The molecule has 0 saturated carbocycles. The van der Waals surface area contributed by atoms with Crippen molar-refractivity contribution in [3.05, 3.63) is 0 Å². The maximum absolute atomic E-state index is 12.0. The highest BCUT2D eigenvalue weighted by Gasteiger charge is 2.32. The Balaban J connectivity index is 2.53. The third-order valence-electron chi connectivity index (χ3n) is 2.96. The Hall–Kier alpha value is -0.870. The number of piperidine rings is 1. The number of halogens is 3. The number of nitrogens with zero attached hydrogens (tertiary/aromatic N) is 1. The Morgan fingerprint density at radius 1 is 1.48 bits per heavy atom. The van der Waals surface area contributed by atoms with E-state index in [0.29, 0.717) is 19.4 Å². The SMILES string of the molecule is C[C@H](OCC(F)(F)F)C(=O)N1CCC[C@@H](NS(C)(=O)=O)C1. The average Bonchev–Trinajstić information content (AvgIpc) is 2.32. The minimum Gasteiger partial charge on any atom is -0.359 e. The Morgan fingerprint density at radius 2 is 2.10 bits per heavy atom. The molecule has 1 heterocycles. The number of ether oxygens (including phenoxy) is 1. The summed E-state index contributed by atoms with van der Waals surface area (Å²) >= 11 is 0. The van der Waals surface area contributed by atoms with Gasteiger partial charge in [-0.1, -0.05) is 0 Å². The molecule has 0 radical (unpaired) electrons. The molecule has 1 aliphatic heterocycles. The van der Waals surface area contributed by atoms with Gasteiger partial charge >= 0.3 is 6.18 Å². The maximum Gasteiger partial charge on any atom is 0.411 e. The van der Waals surface area contributed by atoms with Gasteiger partial charge in [0.05, 0.1) is 6.26 Å². The van der Waals surface area contributed by atoms with E-state index in [9.17, 15) is 26.4 Å². The van der Waals surface area contributed by atoms with Gasteiger partial charge in [0, 0.05) is 19.1 Å². The largest absolute Gasteiger partial charge is 0.411 e. The number of amides is 1. The molecule has 1 rings (SSSR count). The molecule has 0 aliphatic carbocycles. The lowest BCUT2D eigenvalue weighted by Gasteiger charge is -2.34. The number of rotatable bonds is 5. The van der Waals surface area contributed by atoms with Gasteiger partial charge in [-0.15, -0.1) is 0 Å². The number of nitrogens with one attached hydrogen (secondary N) is 1. The highest BCUT2D eigenvalue weighted by Crippen LogP contribution is 2.17. The lowest BCUT2D eigenvalue weighted by molar-refractivity contribution is -0.188. The van der Waals surface area contributed by atoms with Crippen LogP contribution in [0.25, 0.3) is 0 Å². The van der Waals surface area contributed by atoms with Crippen molar-refractivity contribution in [1.82, 2.24) is 9.62 Å². The molecule has 1 amide bonds. The standard InChI is InChI=1S/C11H19F3N2O4S/c1-8(20-7-11(12,13)14)10(17)16-5-3-4-9(6-16)15-21(2,18)19/h8-9,15H,3-7H2,1-2H3/t8-,9+/m0/s1. The first-order valence-electron chi connectivity index (χ1n) is 6.42. The van der Waals surface area contributed by atoms with Crippen LogP contribution in [-0.2, 0) is 19.6 Å². The minimum atomic E-state index is -4.49. The van der Waals surface area contributed by atoms with Crippen LogP contribution >= 0.6 is 0 Å². The van der Waals surface area contributed by atoms with E-state index in [-0.39, 0.29) is 6.54 Å². The van der Waals surface area contributed by atoms with Crippen molar-refractivity contribution in [1.29, 1.82) is 0 Å². The topological polar surface area (TPSA) is 75.7 Å². The quantitative estimate of drug-likeness (QED) is 0.795. The van der Waals surface area contributed by atoms with Crippen LogP contribution in [-0.4, -0.2) is 63.5 Å². The number of carbonyl (C=O) groups excluding carboxylic acids is 1. The molecule has 0 aromatic carbocycles. The number of carbonyl (C=O) groups is 1. The van der Waals surface area contributed by atoms with E-state index < -0.39 is 40.9 Å². The number of likely N-dealkylation sites (tertiary alicyclic amines) is 1. The molecule has 0 spiro atoms. The number of sulfonamides is 1. The van der Waals surface area contributed by atoms with Gasteiger partial charge in [-0.2, -0.15) is 13.2 Å². The fourth-order valence-electron chi connectivity index (χ4n) is 2.12. The summed E-state index contributed by atoms with van der Waals surface area (Å²) in [7, 11) is -3.39. The van der Waals surface area contributed by atoms with Crippen LogP contribution in [0.5, 0.6) is 0 Å². The Morgan fingerprint density at radius 3 is 2.62 bits per heavy atom. The van der Waals surface area contributed by atoms with Crippen LogP contribution in [0, 0.1) is 0 Å². The molecular formula is C11H19F3N2O4S. The molecule has 0 aromatic rings. The van der Waals surface area contributed by atoms with E-state index in [0.717, 1.165) is 6.26 Å². The average molecular weight is 332 g/mol. The highest BCUT2D eigenvalue weighted by atomic mass is 32.2. The molecule has 1 aliphatic rings. The Labute approximate surface area is 121 Å². The molecule has 124 valence electrons. The van der Waals surface area contributed by atoms with Crippen LogP contribution in [0.4, 0.5) is 13.2 Å². The minimum absolute atomic E-state index is 0.131. The highest BCUT2D eigenvalue weighted by molar-refractivity contribution is 7.88. The van der Waals surface area contributed by atoms with E-state index in [1.165, 1.54) is 11.8 Å². The second-order valence-corrected chi connectivity index (χ2v) is 6.86. The first-order valence-corrected chi connectivity index (χ1v) is 8.31. The summed E-state index contributed by atoms with van der Waals surface area (Å²) in [6.07, 6.45) is -3.54. The second-order valence-electron chi connectivity index (χ2n) is 5.08. The number of hydrogen-bond donors (Lipinski definition) is 1. The zero-order chi connectivity index (χ0) is 16.3. The van der Waals surface area contributed by atoms with Crippen LogP contribution in [0.1, 0.15) is 19.8 Å². The number of hydrogen-bond acceptors (Lipinski definition) is 4. The summed E-state index contributed by atoms with van der Waals surface area (Å²) in [5, 5.41) is 0. The predicted molar refractivity (Wildman–Crippen MR) is 69.1 cm³/mol. The molecular weight excluding hydrogens is 313 g/mol. The molecule has 1 N–H and O–H groups in total. The molecule has 6 nitrogen and oxygen atoms in total. The van der Waals surface area contributed by atoms with Gasteiger partial charge in [0.25, 0.3) is 5.91 Å². The van der Waals surface area contributed by atoms with E-state index in [1.54, 1.807) is 0 Å². The smallest absolute Gasteiger partial charge is 0.359 e. The van der Waals surface area contributed by atoms with Gasteiger partial charge in [0.2, 0.25) is 10.0 Å². The summed E-state index contributed by atoms with van der Waals surface area (Å²) < 4.78 is 65.3. The van der Waals surface area contributed by atoms with E-state index >= 15 is 0 Å². The number of alkyl halides is 3. The van der Waals surface area contributed by atoms with Crippen molar-refractivity contribution < 1.29 is 31.1 Å². The lowest BCUT2D eigenvalue weighted by atomic mass is 10.1. The molecule has 21 heavy (non-hydrogen) atoms. The summed E-state index contributed by atoms with van der Waals surface area (Å²) in [5.74, 6) is -0.570. The summed E-state index contributed by atoms with van der Waals surface area (Å²) in [5.41, 5.74) is 0. The van der Waals surface area contributed by atoms with E-state index in [2.05, 4.69) is 9.46 Å². The Bertz CT molecular complexity index is 467. The molecule has 1 fully saturated rings. The second kappa shape index (κ2) is 6.93. The molecule has 0 unspecified atom stereocenters. The van der Waals surface area contributed by atoms with E-state index in [4.69, 9.17) is 0 Å². The lowest BCUT2D eigenvalue weighted by Crippen LogP contribution is -2.51. The fourth-order valence-corrected chi connectivity index (χ4v) is 2.92. The summed E-state index contributed by atoms with van der Waals surface area (Å²) in [6.45, 7) is 0.270. The van der Waals surface area contributed by atoms with Crippen molar-refractivity contribution in [2.75, 3.05) is 26.0 Å². The molecule has 0 bridgehead atoms. The monoisotopic (exact) mass is 332 g/mol. The van der Waals surface area contributed by atoms with E-state index in [1.807, 2.05) is 0 Å². The van der Waals surface area contributed by atoms with Gasteiger partial charge in [0.1, 0.15) is 12.7 Å². The van der Waals surface area contributed by atoms with Crippen molar-refractivity contribution in [3.63, 3.8) is 0 Å². The first kappa shape index (κ1) is 18.2. The molecule has 2 atom stereocenters. The Kier molecular flexibility index (Phi) is 6.00. The van der Waals surface area contributed by atoms with Crippen LogP contribution in [0.3, 0.4) is 0 Å². The van der Waals surface area contributed by atoms with Gasteiger partial charge in [-0.3, -0.25) is 4.79 Å². The van der Waals surface area contributed by atoms with Gasteiger partial charge in [-0.05, 0) is 19.8 Å². The van der Waals surface area contributed by atoms with Crippen molar-refractivity contribution >= 4 is 15.9 Å². The summed E-state index contributed by atoms with van der Waals surface area (Å²) in [4.78, 5) is 13.3. The molecule has 10 heteroatoms. The van der Waals surface area contributed by atoms with Crippen molar-refractivity contribution in [3.8, 4) is 0 Å². The van der Waals surface area contributed by atoms with Crippen molar-refractivity contribution in [2.24, 2.45) is 0 Å². The fraction of sp³-hybridized carbons (Fsp3) is 0.909. The third kappa shape index (κ3) is 7.09. The zero-order valence-electron chi connectivity index (χ0n) is 11.8. The molecule has 1 saturated heterocycles. The molecule has 0 aromatic heterocycles.